The molecule has 0 radical (unpaired) electrons. The van der Waals surface area contributed by atoms with Crippen molar-refractivity contribution >= 4 is 0 Å². The van der Waals surface area contributed by atoms with Gasteiger partial charge in [0.05, 0.1) is 6.61 Å². The van der Waals surface area contributed by atoms with Gasteiger partial charge in [0.25, 0.3) is 0 Å². The largest absolute Gasteiger partial charge is 0.373 e. The van der Waals surface area contributed by atoms with Gasteiger partial charge in [-0.1, -0.05) is 0 Å². The number of fused-ring (bicyclic) bond motifs is 2. The molecule has 3 heteroatoms. The molecule has 3 saturated heterocycles. The Morgan fingerprint density at radius 1 is 1.60 bits per heavy atom. The van der Waals surface area contributed by atoms with Crippen molar-refractivity contribution in [1.82, 2.24) is 0 Å². The maximum Gasteiger partial charge on any atom is 0.187 e. The van der Waals surface area contributed by atoms with E-state index in [-0.39, 0.29) is 18.0 Å². The van der Waals surface area contributed by atoms with E-state index >= 15 is 0 Å². The van der Waals surface area contributed by atoms with Gasteiger partial charge in [0.15, 0.2) is 6.29 Å². The predicted octanol–water partition coefficient (Wildman–Crippen LogP) is 0.537. The second-order valence-electron chi connectivity index (χ2n) is 3.08. The average Bonchev–Trinajstić information content (AvgIpc) is 1.88. The van der Waals surface area contributed by atoms with Crippen LogP contribution in [0.5, 0.6) is 0 Å². The minimum atomic E-state index is -0.0938. The van der Waals surface area contributed by atoms with Gasteiger partial charge in [-0.2, -0.15) is 0 Å². The molecule has 3 aliphatic rings. The number of methoxy groups -OCH3 is 1. The highest BCUT2D eigenvalue weighted by atomic mass is 16.8. The fourth-order valence-corrected chi connectivity index (χ4v) is 1.67. The molecule has 0 aromatic heterocycles. The molecule has 3 atom stereocenters. The van der Waals surface area contributed by atoms with E-state index in [1.54, 1.807) is 7.11 Å². The smallest absolute Gasteiger partial charge is 0.187 e. The maximum atomic E-state index is 5.42. The molecule has 0 aromatic carbocycles. The molecule has 2 bridgehead atoms. The van der Waals surface area contributed by atoms with Crippen molar-refractivity contribution < 1.29 is 14.2 Å². The van der Waals surface area contributed by atoms with Crippen LogP contribution < -0.4 is 0 Å². The Hall–Kier alpha value is -0.120. The lowest BCUT2D eigenvalue weighted by Gasteiger charge is -2.55. The van der Waals surface area contributed by atoms with Crippen molar-refractivity contribution in [3.8, 4) is 0 Å². The van der Waals surface area contributed by atoms with E-state index in [2.05, 4.69) is 6.92 Å². The van der Waals surface area contributed by atoms with Crippen molar-refractivity contribution in [2.24, 2.45) is 0 Å². The molecular formula is C7H12O3. The summed E-state index contributed by atoms with van der Waals surface area (Å²) >= 11 is 0. The zero-order chi connectivity index (χ0) is 7.19. The first-order chi connectivity index (χ1) is 4.76. The monoisotopic (exact) mass is 144 g/mol. The highest BCUT2D eigenvalue weighted by Gasteiger charge is 2.56. The minimum Gasteiger partial charge on any atom is -0.373 e. The maximum absolute atomic E-state index is 5.42. The lowest BCUT2D eigenvalue weighted by molar-refractivity contribution is -0.405. The van der Waals surface area contributed by atoms with Gasteiger partial charge in [-0.05, 0) is 6.92 Å². The van der Waals surface area contributed by atoms with Crippen LogP contribution in [0.1, 0.15) is 13.3 Å². The lowest BCUT2D eigenvalue weighted by Crippen LogP contribution is -2.68. The van der Waals surface area contributed by atoms with Gasteiger partial charge in [0.1, 0.15) is 11.7 Å². The Bertz CT molecular complexity index is 144. The van der Waals surface area contributed by atoms with Crippen LogP contribution >= 0.6 is 0 Å². The van der Waals surface area contributed by atoms with E-state index in [9.17, 15) is 0 Å². The van der Waals surface area contributed by atoms with Gasteiger partial charge in [-0.25, -0.2) is 0 Å². The number of rotatable bonds is 1. The Morgan fingerprint density at radius 2 is 2.40 bits per heavy atom. The lowest BCUT2D eigenvalue weighted by atomic mass is 9.87. The van der Waals surface area contributed by atoms with E-state index in [1.807, 2.05) is 0 Å². The van der Waals surface area contributed by atoms with E-state index in [1.165, 1.54) is 0 Å². The average molecular weight is 144 g/mol. The van der Waals surface area contributed by atoms with E-state index in [4.69, 9.17) is 14.2 Å². The summed E-state index contributed by atoms with van der Waals surface area (Å²) in [5.74, 6) is 0. The summed E-state index contributed by atoms with van der Waals surface area (Å²) in [7, 11) is 1.70. The van der Waals surface area contributed by atoms with Gasteiger partial charge in [-0.15, -0.1) is 0 Å². The molecule has 0 amide bonds. The quantitative estimate of drug-likeness (QED) is 0.537. The Labute approximate surface area is 60.3 Å². The van der Waals surface area contributed by atoms with Gasteiger partial charge >= 0.3 is 0 Å². The molecule has 3 unspecified atom stereocenters. The SMILES string of the molecule is COC1C2OCCC1(C)O2. The van der Waals surface area contributed by atoms with Gasteiger partial charge in [0.2, 0.25) is 0 Å². The molecule has 0 saturated carbocycles. The molecule has 0 spiro atoms. The van der Waals surface area contributed by atoms with E-state index in [0.29, 0.717) is 0 Å². The Morgan fingerprint density at radius 3 is 2.80 bits per heavy atom. The first-order valence-corrected chi connectivity index (χ1v) is 3.58. The summed E-state index contributed by atoms with van der Waals surface area (Å²) < 4.78 is 15.9. The summed E-state index contributed by atoms with van der Waals surface area (Å²) in [4.78, 5) is 0. The molecule has 0 aliphatic carbocycles. The zero-order valence-corrected chi connectivity index (χ0v) is 6.29. The number of hydrogen-bond acceptors (Lipinski definition) is 3. The Kier molecular flexibility index (Phi) is 1.27. The molecule has 58 valence electrons. The molecule has 3 heterocycles. The molecule has 3 aliphatic heterocycles. The normalized spacial score (nSPS) is 52.2. The highest BCUT2D eigenvalue weighted by Crippen LogP contribution is 2.42. The van der Waals surface area contributed by atoms with Crippen LogP contribution in [0.2, 0.25) is 0 Å². The Balaban J connectivity index is 2.08. The molecular weight excluding hydrogens is 132 g/mol. The van der Waals surface area contributed by atoms with Gasteiger partial charge in [-0.3, -0.25) is 0 Å². The predicted molar refractivity (Wildman–Crippen MR) is 34.6 cm³/mol. The number of ether oxygens (including phenoxy) is 3. The number of hydrogen-bond donors (Lipinski definition) is 0. The third-order valence-corrected chi connectivity index (χ3v) is 2.37. The summed E-state index contributed by atoms with van der Waals surface area (Å²) in [5, 5.41) is 0. The molecule has 3 fully saturated rings. The highest BCUT2D eigenvalue weighted by molar-refractivity contribution is 4.99. The topological polar surface area (TPSA) is 27.7 Å². The van der Waals surface area contributed by atoms with Crippen molar-refractivity contribution in [2.75, 3.05) is 13.7 Å². The zero-order valence-electron chi connectivity index (χ0n) is 6.29. The molecule has 3 rings (SSSR count). The first kappa shape index (κ1) is 6.58. The van der Waals surface area contributed by atoms with Crippen LogP contribution in [0.15, 0.2) is 0 Å². The van der Waals surface area contributed by atoms with Crippen LogP contribution in [0, 0.1) is 0 Å². The van der Waals surface area contributed by atoms with E-state index < -0.39 is 0 Å². The third-order valence-electron chi connectivity index (χ3n) is 2.37. The van der Waals surface area contributed by atoms with Crippen LogP contribution in [-0.2, 0) is 14.2 Å². The summed E-state index contributed by atoms with van der Waals surface area (Å²) in [5.41, 5.74) is -0.0579. The third kappa shape index (κ3) is 0.654. The molecule has 0 aromatic rings. The van der Waals surface area contributed by atoms with Gasteiger partial charge in [0, 0.05) is 13.5 Å². The summed E-state index contributed by atoms with van der Waals surface area (Å²) in [6, 6.07) is 0. The second-order valence-corrected chi connectivity index (χ2v) is 3.08. The summed E-state index contributed by atoms with van der Waals surface area (Å²) in [6.45, 7) is 2.88. The molecule has 3 nitrogen and oxygen atoms in total. The van der Waals surface area contributed by atoms with Crippen molar-refractivity contribution in [3.63, 3.8) is 0 Å². The summed E-state index contributed by atoms with van der Waals surface area (Å²) in [6.07, 6.45) is 1.01. The van der Waals surface area contributed by atoms with Crippen LogP contribution in [-0.4, -0.2) is 31.7 Å². The molecule has 10 heavy (non-hydrogen) atoms. The van der Waals surface area contributed by atoms with Crippen molar-refractivity contribution in [1.29, 1.82) is 0 Å². The first-order valence-electron chi connectivity index (χ1n) is 3.58. The minimum absolute atomic E-state index is 0.0579. The fraction of sp³-hybridized carbons (Fsp3) is 1.00. The second kappa shape index (κ2) is 1.94. The molecule has 0 N–H and O–H groups in total. The van der Waals surface area contributed by atoms with Crippen molar-refractivity contribution in [2.45, 2.75) is 31.3 Å². The van der Waals surface area contributed by atoms with Crippen LogP contribution in [0.25, 0.3) is 0 Å². The van der Waals surface area contributed by atoms with Gasteiger partial charge < -0.3 is 14.2 Å². The van der Waals surface area contributed by atoms with Crippen molar-refractivity contribution in [3.05, 3.63) is 0 Å². The standard InChI is InChI=1S/C7H12O3/c1-7-3-4-9-6(10-7)5(7)8-2/h5-6H,3-4H2,1-2H3. The fourth-order valence-electron chi connectivity index (χ4n) is 1.67. The van der Waals surface area contributed by atoms with Crippen LogP contribution in [0.3, 0.4) is 0 Å². The van der Waals surface area contributed by atoms with E-state index in [0.717, 1.165) is 13.0 Å². The van der Waals surface area contributed by atoms with Crippen LogP contribution in [0.4, 0.5) is 0 Å².